The van der Waals surface area contributed by atoms with Gasteiger partial charge >= 0.3 is 5.88 Å². The van der Waals surface area contributed by atoms with Gasteiger partial charge in [-0.3, -0.25) is 10.1 Å². The Hall–Kier alpha value is -3.24. The first kappa shape index (κ1) is 15.6. The average Bonchev–Trinajstić information content (AvgIpc) is 3.23. The van der Waals surface area contributed by atoms with Crippen molar-refractivity contribution in [2.45, 2.75) is 6.92 Å². The van der Waals surface area contributed by atoms with Crippen molar-refractivity contribution in [1.29, 1.82) is 5.26 Å². The summed E-state index contributed by atoms with van der Waals surface area (Å²) in [5, 5.41) is 22.4. The monoisotopic (exact) mass is 337 g/mol. The quantitative estimate of drug-likeness (QED) is 0.391. The first-order chi connectivity index (χ1) is 11.6. The van der Waals surface area contributed by atoms with Gasteiger partial charge in [-0.2, -0.15) is 5.26 Å². The van der Waals surface area contributed by atoms with Crippen LogP contribution in [0.15, 0.2) is 46.2 Å². The molecule has 0 bridgehead atoms. The van der Waals surface area contributed by atoms with Gasteiger partial charge in [-0.25, -0.2) is 4.98 Å². The molecule has 3 aromatic rings. The number of aryl methyl sites for hydroxylation is 1. The maximum Gasteiger partial charge on any atom is 0.433 e. The Morgan fingerprint density at radius 1 is 1.33 bits per heavy atom. The van der Waals surface area contributed by atoms with Gasteiger partial charge < -0.3 is 4.42 Å². The fourth-order valence-electron chi connectivity index (χ4n) is 2.06. The standard InChI is InChI=1S/C17H11N3O3S/c1-11-2-4-12(5-3-11)15-10-24-17(19-15)13(9-18)8-14-6-7-16(23-14)20(21)22/h2-8,10H,1H3. The molecule has 2 aromatic heterocycles. The molecule has 0 radical (unpaired) electrons. The smallest absolute Gasteiger partial charge is 0.401 e. The van der Waals surface area contributed by atoms with Gasteiger partial charge in [0, 0.05) is 17.0 Å². The van der Waals surface area contributed by atoms with Crippen molar-refractivity contribution in [2.75, 3.05) is 0 Å². The number of thiazole rings is 1. The lowest BCUT2D eigenvalue weighted by molar-refractivity contribution is -0.402. The van der Waals surface area contributed by atoms with E-state index in [2.05, 4.69) is 11.1 Å². The van der Waals surface area contributed by atoms with Gasteiger partial charge in [-0.1, -0.05) is 29.8 Å². The van der Waals surface area contributed by atoms with Crippen LogP contribution in [0.25, 0.3) is 22.9 Å². The minimum Gasteiger partial charge on any atom is -0.401 e. The second-order valence-corrected chi connectivity index (χ2v) is 5.86. The molecule has 0 amide bonds. The molecule has 24 heavy (non-hydrogen) atoms. The first-order valence-corrected chi connectivity index (χ1v) is 7.84. The predicted octanol–water partition coefficient (Wildman–Crippen LogP) is 4.68. The summed E-state index contributed by atoms with van der Waals surface area (Å²) in [6, 6.07) is 12.7. The molecule has 0 spiro atoms. The number of allylic oxidation sites excluding steroid dienone is 1. The second-order valence-electron chi connectivity index (χ2n) is 5.01. The van der Waals surface area contributed by atoms with Gasteiger partial charge in [0.15, 0.2) is 0 Å². The van der Waals surface area contributed by atoms with E-state index in [0.717, 1.165) is 16.8 Å². The summed E-state index contributed by atoms with van der Waals surface area (Å²) in [6.07, 6.45) is 1.45. The van der Waals surface area contributed by atoms with Crippen LogP contribution in [0.3, 0.4) is 0 Å². The summed E-state index contributed by atoms with van der Waals surface area (Å²) in [4.78, 5) is 14.5. The lowest BCUT2D eigenvalue weighted by Gasteiger charge is -1.97. The lowest BCUT2D eigenvalue weighted by Crippen LogP contribution is -1.83. The molecule has 3 rings (SSSR count). The topological polar surface area (TPSA) is 93.0 Å². The molecule has 0 saturated carbocycles. The molecule has 0 aliphatic carbocycles. The molecule has 0 aliphatic heterocycles. The fourth-order valence-corrected chi connectivity index (χ4v) is 2.85. The highest BCUT2D eigenvalue weighted by Gasteiger charge is 2.13. The highest BCUT2D eigenvalue weighted by molar-refractivity contribution is 7.11. The van der Waals surface area contributed by atoms with E-state index in [-0.39, 0.29) is 11.6 Å². The van der Waals surface area contributed by atoms with E-state index < -0.39 is 4.92 Å². The van der Waals surface area contributed by atoms with E-state index in [4.69, 9.17) is 4.42 Å². The molecule has 118 valence electrons. The molecule has 0 aliphatic rings. The van der Waals surface area contributed by atoms with Crippen molar-refractivity contribution < 1.29 is 9.34 Å². The summed E-state index contributed by atoms with van der Waals surface area (Å²) in [7, 11) is 0. The third-order valence-electron chi connectivity index (χ3n) is 3.28. The Labute approximate surface area is 141 Å². The zero-order chi connectivity index (χ0) is 17.1. The van der Waals surface area contributed by atoms with Gasteiger partial charge in [-0.05, 0) is 13.0 Å². The molecular weight excluding hydrogens is 326 g/mol. The molecule has 0 atom stereocenters. The predicted molar refractivity (Wildman–Crippen MR) is 91.1 cm³/mol. The van der Waals surface area contributed by atoms with Gasteiger partial charge in [0.25, 0.3) is 0 Å². The van der Waals surface area contributed by atoms with E-state index in [1.165, 1.54) is 29.5 Å². The second kappa shape index (κ2) is 6.48. The van der Waals surface area contributed by atoms with E-state index in [1.54, 1.807) is 0 Å². The molecule has 0 saturated heterocycles. The molecule has 0 N–H and O–H groups in total. The Morgan fingerprint density at radius 2 is 2.08 bits per heavy atom. The van der Waals surface area contributed by atoms with Crippen molar-refractivity contribution in [1.82, 2.24) is 4.98 Å². The Kier molecular flexibility index (Phi) is 4.22. The van der Waals surface area contributed by atoms with E-state index in [1.807, 2.05) is 36.6 Å². The molecule has 1 aromatic carbocycles. The third-order valence-corrected chi connectivity index (χ3v) is 4.16. The number of hydrogen-bond acceptors (Lipinski definition) is 6. The van der Waals surface area contributed by atoms with Crippen LogP contribution in [0.5, 0.6) is 0 Å². The molecule has 7 heteroatoms. The van der Waals surface area contributed by atoms with Gasteiger partial charge in [0.1, 0.15) is 21.8 Å². The van der Waals surface area contributed by atoms with E-state index >= 15 is 0 Å². The number of furan rings is 1. The van der Waals surface area contributed by atoms with E-state index in [0.29, 0.717) is 10.6 Å². The van der Waals surface area contributed by atoms with Gasteiger partial charge in [0.05, 0.1) is 17.3 Å². The average molecular weight is 337 g/mol. The lowest BCUT2D eigenvalue weighted by atomic mass is 10.1. The molecule has 6 nitrogen and oxygen atoms in total. The SMILES string of the molecule is Cc1ccc(-c2csc(C(C#N)=Cc3ccc([N+](=O)[O-])o3)n2)cc1. The molecular formula is C17H11N3O3S. The highest BCUT2D eigenvalue weighted by atomic mass is 32.1. The molecule has 0 fully saturated rings. The Balaban J connectivity index is 1.91. The summed E-state index contributed by atoms with van der Waals surface area (Å²) in [6.45, 7) is 2.01. The fraction of sp³-hybridized carbons (Fsp3) is 0.0588. The summed E-state index contributed by atoms with van der Waals surface area (Å²) in [5.41, 5.74) is 3.20. The van der Waals surface area contributed by atoms with Crippen LogP contribution in [0, 0.1) is 28.4 Å². The van der Waals surface area contributed by atoms with Crippen LogP contribution in [0.1, 0.15) is 16.3 Å². The van der Waals surface area contributed by atoms with E-state index in [9.17, 15) is 15.4 Å². The summed E-state index contributed by atoms with van der Waals surface area (Å²) < 4.78 is 5.05. The maximum absolute atomic E-state index is 10.6. The number of nitriles is 1. The Bertz CT molecular complexity index is 962. The number of nitrogens with zero attached hydrogens (tertiary/aromatic N) is 3. The van der Waals surface area contributed by atoms with Crippen LogP contribution in [0.4, 0.5) is 5.88 Å². The first-order valence-electron chi connectivity index (χ1n) is 6.96. The maximum atomic E-state index is 10.6. The minimum absolute atomic E-state index is 0.241. The van der Waals surface area contributed by atoms with Crippen molar-refractivity contribution in [3.05, 3.63) is 68.2 Å². The largest absolute Gasteiger partial charge is 0.433 e. The van der Waals surface area contributed by atoms with Crippen molar-refractivity contribution >= 4 is 28.9 Å². The zero-order valence-electron chi connectivity index (χ0n) is 12.6. The van der Waals surface area contributed by atoms with Crippen molar-refractivity contribution in [3.63, 3.8) is 0 Å². The minimum atomic E-state index is -0.623. The van der Waals surface area contributed by atoms with Crippen LogP contribution in [0.2, 0.25) is 0 Å². The zero-order valence-corrected chi connectivity index (χ0v) is 13.4. The molecule has 0 unspecified atom stereocenters. The number of aromatic nitrogens is 1. The summed E-state index contributed by atoms with van der Waals surface area (Å²) in [5.74, 6) is -0.122. The number of rotatable bonds is 4. The van der Waals surface area contributed by atoms with Crippen molar-refractivity contribution in [2.24, 2.45) is 0 Å². The van der Waals surface area contributed by atoms with Crippen LogP contribution < -0.4 is 0 Å². The van der Waals surface area contributed by atoms with Gasteiger partial charge in [-0.15, -0.1) is 11.3 Å². The highest BCUT2D eigenvalue weighted by Crippen LogP contribution is 2.28. The number of hydrogen-bond donors (Lipinski definition) is 0. The van der Waals surface area contributed by atoms with Crippen LogP contribution >= 0.6 is 11.3 Å². The van der Waals surface area contributed by atoms with Crippen molar-refractivity contribution in [3.8, 4) is 17.3 Å². The van der Waals surface area contributed by atoms with Crippen LogP contribution in [-0.4, -0.2) is 9.91 Å². The molecule has 2 heterocycles. The third kappa shape index (κ3) is 3.24. The number of nitro groups is 1. The van der Waals surface area contributed by atoms with Gasteiger partial charge in [0.2, 0.25) is 0 Å². The number of benzene rings is 1. The Morgan fingerprint density at radius 3 is 2.71 bits per heavy atom. The summed E-state index contributed by atoms with van der Waals surface area (Å²) >= 11 is 1.34. The normalized spacial score (nSPS) is 11.2. The van der Waals surface area contributed by atoms with Crippen LogP contribution in [-0.2, 0) is 0 Å².